The maximum absolute atomic E-state index is 12.7. The van der Waals surface area contributed by atoms with Gasteiger partial charge < -0.3 is 15.4 Å². The number of anilines is 1. The fourth-order valence-electron chi connectivity index (χ4n) is 2.59. The molecule has 3 aromatic rings. The summed E-state index contributed by atoms with van der Waals surface area (Å²) in [4.78, 5) is 25.2. The number of carbonyl (C=O) groups is 2. The number of amides is 2. The van der Waals surface area contributed by atoms with E-state index in [0.717, 1.165) is 16.5 Å². The molecule has 5 nitrogen and oxygen atoms in total. The van der Waals surface area contributed by atoms with E-state index in [2.05, 4.69) is 10.6 Å². The highest BCUT2D eigenvalue weighted by molar-refractivity contribution is 7.21. The van der Waals surface area contributed by atoms with Gasteiger partial charge in [0.1, 0.15) is 10.6 Å². The van der Waals surface area contributed by atoms with Crippen LogP contribution < -0.4 is 15.4 Å². The molecule has 0 spiro atoms. The molecule has 7 heteroatoms. The molecule has 0 aliphatic rings. The highest BCUT2D eigenvalue weighted by atomic mass is 35.5. The van der Waals surface area contributed by atoms with Gasteiger partial charge in [-0.3, -0.25) is 9.59 Å². The molecule has 0 saturated heterocycles. The predicted molar refractivity (Wildman–Crippen MR) is 110 cm³/mol. The normalized spacial score (nSPS) is 10.6. The van der Waals surface area contributed by atoms with E-state index in [1.807, 2.05) is 19.1 Å². The minimum Gasteiger partial charge on any atom is -0.497 e. The highest BCUT2D eigenvalue weighted by Crippen LogP contribution is 2.37. The van der Waals surface area contributed by atoms with Crippen LogP contribution in [0.1, 0.15) is 33.4 Å². The van der Waals surface area contributed by atoms with Crippen molar-refractivity contribution in [2.24, 2.45) is 0 Å². The lowest BCUT2D eigenvalue weighted by Gasteiger charge is -2.07. The number of halogens is 1. The van der Waals surface area contributed by atoms with E-state index in [1.54, 1.807) is 37.4 Å². The van der Waals surface area contributed by atoms with E-state index >= 15 is 0 Å². The maximum atomic E-state index is 12.7. The number of fused-ring (bicyclic) bond motifs is 1. The highest BCUT2D eigenvalue weighted by Gasteiger charge is 2.18. The first-order valence-electron chi connectivity index (χ1n) is 8.49. The summed E-state index contributed by atoms with van der Waals surface area (Å²) >= 11 is 7.70. The van der Waals surface area contributed by atoms with Crippen molar-refractivity contribution < 1.29 is 14.3 Å². The summed E-state index contributed by atoms with van der Waals surface area (Å²) < 4.78 is 6.09. The van der Waals surface area contributed by atoms with Crippen LogP contribution in [0.25, 0.3) is 10.1 Å². The van der Waals surface area contributed by atoms with Crippen molar-refractivity contribution in [2.75, 3.05) is 19.0 Å². The van der Waals surface area contributed by atoms with Gasteiger partial charge in [-0.2, -0.15) is 0 Å². The van der Waals surface area contributed by atoms with Crippen LogP contribution >= 0.6 is 22.9 Å². The van der Waals surface area contributed by atoms with Crippen LogP contribution in [0.4, 0.5) is 5.69 Å². The van der Waals surface area contributed by atoms with Gasteiger partial charge in [0.2, 0.25) is 0 Å². The van der Waals surface area contributed by atoms with Crippen molar-refractivity contribution in [3.8, 4) is 5.75 Å². The fraction of sp³-hybridized carbons (Fsp3) is 0.200. The first-order chi connectivity index (χ1) is 13.0. The van der Waals surface area contributed by atoms with Crippen molar-refractivity contribution in [3.05, 3.63) is 57.9 Å². The second-order valence-corrected chi connectivity index (χ2v) is 7.33. The Morgan fingerprint density at radius 1 is 1.15 bits per heavy atom. The molecule has 2 N–H and O–H groups in total. The van der Waals surface area contributed by atoms with Crippen molar-refractivity contribution in [2.45, 2.75) is 13.3 Å². The Morgan fingerprint density at radius 3 is 2.70 bits per heavy atom. The molecule has 140 valence electrons. The molecular formula is C20H19ClN2O3S. The van der Waals surface area contributed by atoms with Gasteiger partial charge in [0.15, 0.2) is 0 Å². The lowest BCUT2D eigenvalue weighted by atomic mass is 10.2. The largest absolute Gasteiger partial charge is 0.497 e. The molecule has 2 aromatic carbocycles. The third-order valence-electron chi connectivity index (χ3n) is 3.96. The molecule has 0 saturated carbocycles. The third kappa shape index (κ3) is 4.23. The van der Waals surface area contributed by atoms with Crippen molar-refractivity contribution >= 4 is 50.5 Å². The summed E-state index contributed by atoms with van der Waals surface area (Å²) in [5.74, 6) is 0.226. The van der Waals surface area contributed by atoms with Gasteiger partial charge in [0.25, 0.3) is 11.8 Å². The smallest absolute Gasteiger partial charge is 0.267 e. The average Bonchev–Trinajstić information content (AvgIpc) is 3.02. The van der Waals surface area contributed by atoms with E-state index in [4.69, 9.17) is 16.3 Å². The van der Waals surface area contributed by atoms with Gasteiger partial charge >= 0.3 is 0 Å². The van der Waals surface area contributed by atoms with E-state index < -0.39 is 0 Å². The number of thiophene rings is 1. The number of rotatable bonds is 6. The minimum absolute atomic E-state index is 0.167. The Kier molecular flexibility index (Phi) is 5.98. The number of ether oxygens (including phenoxy) is 1. The minimum atomic E-state index is -0.314. The van der Waals surface area contributed by atoms with E-state index in [-0.39, 0.29) is 11.8 Å². The monoisotopic (exact) mass is 402 g/mol. The molecule has 1 heterocycles. The molecule has 2 amide bonds. The van der Waals surface area contributed by atoms with Crippen LogP contribution in [0.2, 0.25) is 5.02 Å². The quantitative estimate of drug-likeness (QED) is 0.612. The summed E-state index contributed by atoms with van der Waals surface area (Å²) in [6.07, 6.45) is 0.859. The zero-order chi connectivity index (χ0) is 19.4. The first-order valence-corrected chi connectivity index (χ1v) is 9.68. The standard InChI is InChI=1S/C20H19ClN2O3S/c1-3-9-22-19(24)12-5-4-6-13(10-12)23-20(25)18-17(21)15-8-7-14(26-2)11-16(15)27-18/h4-8,10-11H,3,9H2,1-2H3,(H,22,24)(H,23,25). The first kappa shape index (κ1) is 19.2. The lowest BCUT2D eigenvalue weighted by Crippen LogP contribution is -2.24. The molecule has 0 radical (unpaired) electrons. The lowest BCUT2D eigenvalue weighted by molar-refractivity contribution is 0.0952. The van der Waals surface area contributed by atoms with Crippen LogP contribution in [0.3, 0.4) is 0 Å². The van der Waals surface area contributed by atoms with Gasteiger partial charge in [-0.25, -0.2) is 0 Å². The predicted octanol–water partition coefficient (Wildman–Crippen LogP) is 4.96. The number of carbonyl (C=O) groups excluding carboxylic acids is 2. The average molecular weight is 403 g/mol. The second-order valence-electron chi connectivity index (χ2n) is 5.90. The summed E-state index contributed by atoms with van der Waals surface area (Å²) in [5.41, 5.74) is 1.03. The van der Waals surface area contributed by atoms with Crippen molar-refractivity contribution in [1.82, 2.24) is 5.32 Å². The van der Waals surface area contributed by atoms with Crippen LogP contribution in [-0.2, 0) is 0 Å². The maximum Gasteiger partial charge on any atom is 0.267 e. The Morgan fingerprint density at radius 2 is 1.96 bits per heavy atom. The van der Waals surface area contributed by atoms with E-state index in [9.17, 15) is 9.59 Å². The number of nitrogens with one attached hydrogen (secondary N) is 2. The summed E-state index contributed by atoms with van der Waals surface area (Å²) in [6, 6.07) is 12.3. The molecule has 0 aliphatic heterocycles. The summed E-state index contributed by atoms with van der Waals surface area (Å²) in [7, 11) is 1.59. The molecule has 27 heavy (non-hydrogen) atoms. The number of benzene rings is 2. The van der Waals surface area contributed by atoms with E-state index in [1.165, 1.54) is 11.3 Å². The van der Waals surface area contributed by atoms with E-state index in [0.29, 0.717) is 33.4 Å². The Labute approximate surface area is 166 Å². The number of hydrogen-bond acceptors (Lipinski definition) is 4. The Bertz CT molecular complexity index is 1000. The second kappa shape index (κ2) is 8.41. The summed E-state index contributed by atoms with van der Waals surface area (Å²) in [6.45, 7) is 2.59. The van der Waals surface area contributed by atoms with Crippen molar-refractivity contribution in [1.29, 1.82) is 0 Å². The zero-order valence-corrected chi connectivity index (χ0v) is 16.5. The Balaban J connectivity index is 1.82. The molecule has 0 bridgehead atoms. The zero-order valence-electron chi connectivity index (χ0n) is 15.0. The van der Waals surface area contributed by atoms with Gasteiger partial charge in [-0.15, -0.1) is 11.3 Å². The Hall–Kier alpha value is -2.57. The fourth-order valence-corrected chi connectivity index (χ4v) is 4.03. The van der Waals surface area contributed by atoms with Crippen LogP contribution in [0, 0.1) is 0 Å². The van der Waals surface area contributed by atoms with Gasteiger partial charge in [0, 0.05) is 27.9 Å². The molecule has 1 aromatic heterocycles. The molecule has 0 aliphatic carbocycles. The third-order valence-corrected chi connectivity index (χ3v) is 5.62. The number of methoxy groups -OCH3 is 1. The SMILES string of the molecule is CCCNC(=O)c1cccc(NC(=O)c2sc3cc(OC)ccc3c2Cl)c1. The molecular weight excluding hydrogens is 384 g/mol. The van der Waals surface area contributed by atoms with Crippen LogP contribution in [-0.4, -0.2) is 25.5 Å². The molecule has 0 fully saturated rings. The van der Waals surface area contributed by atoms with Crippen LogP contribution in [0.5, 0.6) is 5.75 Å². The van der Waals surface area contributed by atoms with Crippen LogP contribution in [0.15, 0.2) is 42.5 Å². The molecule has 3 rings (SSSR count). The van der Waals surface area contributed by atoms with Gasteiger partial charge in [-0.05, 0) is 42.8 Å². The molecule has 0 atom stereocenters. The number of hydrogen-bond donors (Lipinski definition) is 2. The summed E-state index contributed by atoms with van der Waals surface area (Å²) in [5, 5.41) is 6.85. The van der Waals surface area contributed by atoms with Crippen molar-refractivity contribution in [3.63, 3.8) is 0 Å². The molecule has 0 unspecified atom stereocenters. The topological polar surface area (TPSA) is 67.4 Å². The van der Waals surface area contributed by atoms with Gasteiger partial charge in [0.05, 0.1) is 12.1 Å². The van der Waals surface area contributed by atoms with Gasteiger partial charge in [-0.1, -0.05) is 24.6 Å².